The molecule has 6 aromatic carbocycles. The van der Waals surface area contributed by atoms with Crippen molar-refractivity contribution >= 4 is 149 Å². The Labute approximate surface area is 732 Å². The van der Waals surface area contributed by atoms with Crippen LogP contribution in [0.3, 0.4) is 0 Å². The Morgan fingerprint density at radius 1 is 0.492 bits per heavy atom. The van der Waals surface area contributed by atoms with Gasteiger partial charge in [0.05, 0.1) is 87.5 Å². The van der Waals surface area contributed by atoms with E-state index >= 15 is 0 Å². The van der Waals surface area contributed by atoms with Gasteiger partial charge in [-0.05, 0) is 101 Å². The second-order valence-corrected chi connectivity index (χ2v) is 35.9. The Balaban J connectivity index is 0.000000131. The molecule has 18 rings (SSSR count). The highest BCUT2D eigenvalue weighted by molar-refractivity contribution is 9.10. The number of likely N-dealkylation sites (tertiary alicyclic amines) is 1. The number of Topliss-reactive ketones (excluding diaryl/α,β-unsaturated/α-hetero) is 2. The number of anilines is 2. The molecule has 0 spiro atoms. The highest BCUT2D eigenvalue weighted by Gasteiger charge is 2.31. The Hall–Kier alpha value is -9.00. The average molecular weight is 1830 g/mol. The molecule has 2 N–H and O–H groups in total. The zero-order chi connectivity index (χ0) is 83.0. The molecule has 6 aliphatic rings. The molecule has 6 aromatic heterocycles. The van der Waals surface area contributed by atoms with Crippen LogP contribution in [-0.4, -0.2) is 129 Å². The van der Waals surface area contributed by atoms with Crippen LogP contribution in [0.25, 0.3) is 48.8 Å². The number of carbonyl (C=O) groups is 3. The summed E-state index contributed by atoms with van der Waals surface area (Å²) >= 11 is 44.4. The van der Waals surface area contributed by atoms with E-state index in [4.69, 9.17) is 94.0 Å². The molecule has 1 saturated carbocycles. The monoisotopic (exact) mass is 1820 g/mol. The third-order valence-electron chi connectivity index (χ3n) is 19.4. The van der Waals surface area contributed by atoms with Crippen molar-refractivity contribution in [3.05, 3.63) is 275 Å². The summed E-state index contributed by atoms with van der Waals surface area (Å²) in [6.07, 6.45) is 12.9. The van der Waals surface area contributed by atoms with Gasteiger partial charge in [-0.3, -0.25) is 24.0 Å². The summed E-state index contributed by atoms with van der Waals surface area (Å²) in [5.74, 6) is 0.927. The van der Waals surface area contributed by atoms with E-state index in [0.29, 0.717) is 94.8 Å². The number of fused-ring (bicyclic) bond motifs is 3. The van der Waals surface area contributed by atoms with Gasteiger partial charge in [0, 0.05) is 137 Å². The molecular formula is C86H83BrCl6N14O8S3. The maximum atomic E-state index is 13.7. The van der Waals surface area contributed by atoms with Crippen LogP contribution >= 0.6 is 120 Å². The fourth-order valence-corrected chi connectivity index (χ4v) is 18.2. The number of benzene rings is 6. The predicted molar refractivity (Wildman–Crippen MR) is 477 cm³/mol. The van der Waals surface area contributed by atoms with Gasteiger partial charge in [0.2, 0.25) is 5.75 Å². The minimum absolute atomic E-state index is 0.0587. The molecule has 5 aliphatic heterocycles. The number of hydrogen-bond acceptors (Lipinski definition) is 21. The van der Waals surface area contributed by atoms with Crippen molar-refractivity contribution in [1.29, 1.82) is 0 Å². The first-order valence-electron chi connectivity index (χ1n) is 38.4. The van der Waals surface area contributed by atoms with Crippen molar-refractivity contribution in [3.63, 3.8) is 0 Å². The summed E-state index contributed by atoms with van der Waals surface area (Å²) in [5, 5.41) is 24.2. The number of alkyl halides is 1. The van der Waals surface area contributed by atoms with Crippen molar-refractivity contribution in [2.24, 2.45) is 0 Å². The topological polar surface area (TPSA) is 247 Å². The van der Waals surface area contributed by atoms with Crippen LogP contribution in [0.4, 0.5) is 16.2 Å². The number of carbonyl (C=O) groups excluding carboxylic acids is 3. The Morgan fingerprint density at radius 3 is 1.39 bits per heavy atom. The van der Waals surface area contributed by atoms with E-state index in [1.807, 2.05) is 86.7 Å². The molecule has 12 aromatic rings. The molecule has 1 atom stereocenters. The lowest BCUT2D eigenvalue weighted by Gasteiger charge is -2.30. The number of nitrogens with one attached hydrogen (secondary N) is 2. The highest BCUT2D eigenvalue weighted by Crippen LogP contribution is 2.39. The molecule has 22 nitrogen and oxygen atoms in total. The maximum Gasteiger partial charge on any atom is 0.410 e. The lowest BCUT2D eigenvalue weighted by Crippen LogP contribution is -2.41. The number of rotatable bonds is 10. The number of amides is 1. The number of ether oxygens (including phenoxy) is 2. The van der Waals surface area contributed by atoms with E-state index in [0.717, 1.165) is 132 Å². The van der Waals surface area contributed by atoms with Gasteiger partial charge in [-0.25, -0.2) is 19.7 Å². The molecule has 1 unspecified atom stereocenters. The van der Waals surface area contributed by atoms with Gasteiger partial charge >= 0.3 is 11.7 Å². The van der Waals surface area contributed by atoms with Gasteiger partial charge in [0.1, 0.15) is 47.9 Å². The first-order chi connectivity index (χ1) is 57.0. The molecule has 3 fully saturated rings. The lowest BCUT2D eigenvalue weighted by molar-refractivity contribution is -0.121. The van der Waals surface area contributed by atoms with Gasteiger partial charge in [-0.2, -0.15) is 29.3 Å². The van der Waals surface area contributed by atoms with Gasteiger partial charge in [-0.15, -0.1) is 34.0 Å². The Morgan fingerprint density at radius 2 is 0.932 bits per heavy atom. The quantitative estimate of drug-likeness (QED) is 0.121. The van der Waals surface area contributed by atoms with Crippen molar-refractivity contribution in [1.82, 2.24) is 59.8 Å². The summed E-state index contributed by atoms with van der Waals surface area (Å²) in [6, 6.07) is 51.7. The standard InChI is InChI=1S/C27H25ClN4O2S.C22H16Cl2N4OS.C12H12N2S.C10H5Cl3N2O.C10H17NO3.C5H8BrNO/c28-19-9-6-10-20(15-19)32-27(33)25(34-21-11-4-5-12-21)23(16-29-32)31-14-13-22-24(17-31)35-26(30-22)18-7-2-1-3-8-18;23-15-7-4-8-16(11-15)28-22(29)20(24)18(12-25-28)27-10-9-17-19(13-27)30-21(26-17)14-5-2-1-3-6-14;1-2-4-9(5-3-1)12-14-10-6-7-13-8-11(10)15-12;11-6-2-1-3-7(4-6)15-10(16)9(13)8(12)5-14-15;1-10(2,3)14-9(13)11-6-4-8(12)5-7-11;6-4-3-7-2-1-5(4)8/h1-3,6-10,15-16,21H,4-5,11-14,17H2;1-8,11-12H,9-10,13H2;1-5,13H,6-8H2;1-5H;4-7H2,1-3H3;4,7H,1-3H2. The zero-order valence-electron chi connectivity index (χ0n) is 64.6. The second kappa shape index (κ2) is 40.8. The number of halogens is 7. The third-order valence-corrected chi connectivity index (χ3v) is 25.5. The number of thiazole rings is 3. The molecule has 0 bridgehead atoms. The van der Waals surface area contributed by atoms with Crippen molar-refractivity contribution in [2.45, 2.75) is 121 Å². The van der Waals surface area contributed by atoms with Gasteiger partial charge < -0.3 is 34.8 Å². The van der Waals surface area contributed by atoms with Crippen LogP contribution in [0.15, 0.2) is 197 Å². The first-order valence-corrected chi connectivity index (χ1v) is 44.1. The zero-order valence-corrected chi connectivity index (χ0v) is 73.2. The van der Waals surface area contributed by atoms with Crippen LogP contribution < -0.4 is 41.8 Å². The SMILES string of the molecule is CC(C)(C)OC(=O)N1CCC(=O)CC1.O=C1CCNCC1Br.O=c1c(Cl)c(Cl)cnn1-c1cccc(Cl)c1.O=c1c(Cl)c(N2CCc3nc(-c4ccccc4)sc3C2)cnn1-c1cccc(Cl)c1.O=c1c(OC2CCCC2)c(N2CCc3nc(-c4ccccc4)sc3C2)cnn1-c1cccc(Cl)c1.c1ccc(-c2nc3c(s2)CNCC3)cc1. The lowest BCUT2D eigenvalue weighted by atomic mass is 10.1. The largest absolute Gasteiger partial charge is 0.483 e. The number of piperidine rings is 2. The molecule has 32 heteroatoms. The molecule has 1 amide bonds. The molecule has 612 valence electrons. The Kier molecular flexibility index (Phi) is 30.1. The minimum Gasteiger partial charge on any atom is -0.483 e. The van der Waals surface area contributed by atoms with Crippen molar-refractivity contribution < 1.29 is 23.9 Å². The fourth-order valence-electron chi connectivity index (χ4n) is 13.4. The molecule has 1 aliphatic carbocycles. The molecular weight excluding hydrogens is 1750 g/mol. The summed E-state index contributed by atoms with van der Waals surface area (Å²) in [7, 11) is 0. The summed E-state index contributed by atoms with van der Waals surface area (Å²) in [4.78, 5) is 95.6. The number of hydrogen-bond donors (Lipinski definition) is 2. The van der Waals surface area contributed by atoms with E-state index in [2.05, 4.69) is 100 Å². The van der Waals surface area contributed by atoms with Crippen LogP contribution in [-0.2, 0) is 53.2 Å². The third kappa shape index (κ3) is 22.7. The molecule has 0 radical (unpaired) electrons. The first kappa shape index (κ1) is 86.8. The summed E-state index contributed by atoms with van der Waals surface area (Å²) in [5.41, 5.74) is 8.62. The van der Waals surface area contributed by atoms with Crippen LogP contribution in [0, 0.1) is 0 Å². The number of ketones is 2. The molecule has 118 heavy (non-hydrogen) atoms. The van der Waals surface area contributed by atoms with E-state index in [9.17, 15) is 28.8 Å². The van der Waals surface area contributed by atoms with E-state index in [-0.39, 0.29) is 49.0 Å². The smallest absolute Gasteiger partial charge is 0.410 e. The summed E-state index contributed by atoms with van der Waals surface area (Å²) in [6.45, 7) is 13.0. The van der Waals surface area contributed by atoms with Gasteiger partial charge in [-0.1, -0.05) is 195 Å². The van der Waals surface area contributed by atoms with Crippen LogP contribution in [0.2, 0.25) is 30.1 Å². The van der Waals surface area contributed by atoms with Crippen molar-refractivity contribution in [3.8, 4) is 54.5 Å². The molecule has 2 saturated heterocycles. The summed E-state index contributed by atoms with van der Waals surface area (Å²) < 4.78 is 15.4. The van der Waals surface area contributed by atoms with Gasteiger partial charge in [0.15, 0.2) is 0 Å². The second-order valence-electron chi connectivity index (χ2n) is 29.1. The normalized spacial score (nSPS) is 15.6. The fraction of sp³-hybridized carbons (Fsp3) is 0.302. The minimum atomic E-state index is -0.476. The molecule has 11 heterocycles. The van der Waals surface area contributed by atoms with Crippen LogP contribution in [0.1, 0.15) is 97.4 Å². The van der Waals surface area contributed by atoms with Crippen molar-refractivity contribution in [2.75, 3.05) is 55.6 Å². The average Bonchev–Trinajstić information content (AvgIpc) is 1.50. The van der Waals surface area contributed by atoms with E-state index in [1.165, 1.54) is 41.4 Å². The van der Waals surface area contributed by atoms with Gasteiger partial charge in [0.25, 0.3) is 11.1 Å². The Bertz CT molecular complexity index is 5680. The number of nitrogens with zero attached hydrogens (tertiary/aromatic N) is 12. The maximum absolute atomic E-state index is 13.7. The van der Waals surface area contributed by atoms with E-state index in [1.54, 1.807) is 101 Å². The van der Waals surface area contributed by atoms with E-state index < -0.39 is 11.2 Å². The predicted octanol–water partition coefficient (Wildman–Crippen LogP) is 18.7. The number of aromatic nitrogens is 9. The van der Waals surface area contributed by atoms with Crippen LogP contribution in [0.5, 0.6) is 5.75 Å². The highest BCUT2D eigenvalue weighted by atomic mass is 79.9.